The molecule has 0 heterocycles. The number of benzene rings is 1. The Morgan fingerprint density at radius 1 is 1.25 bits per heavy atom. The highest BCUT2D eigenvalue weighted by molar-refractivity contribution is 9.11. The molecule has 0 saturated carbocycles. The maximum absolute atomic E-state index is 11.1. The highest BCUT2D eigenvalue weighted by atomic mass is 79.9. The second-order valence-electron chi connectivity index (χ2n) is 4.90. The Morgan fingerprint density at radius 2 is 1.80 bits per heavy atom. The van der Waals surface area contributed by atoms with E-state index in [1.807, 2.05) is 12.1 Å². The molecule has 114 valence electrons. The molecule has 0 aliphatic rings. The largest absolute Gasteiger partial charge is 0.490 e. The molecule has 4 nitrogen and oxygen atoms in total. The van der Waals surface area contributed by atoms with Crippen molar-refractivity contribution in [3.63, 3.8) is 0 Å². The molecule has 0 fully saturated rings. The van der Waals surface area contributed by atoms with Crippen LogP contribution in [0.3, 0.4) is 0 Å². The third-order valence-electron chi connectivity index (χ3n) is 2.47. The van der Waals surface area contributed by atoms with Gasteiger partial charge in [-0.05, 0) is 49.6 Å². The van der Waals surface area contributed by atoms with E-state index in [2.05, 4.69) is 51.0 Å². The lowest BCUT2D eigenvalue weighted by molar-refractivity contribution is 0.336. The van der Waals surface area contributed by atoms with Crippen LogP contribution in [0.4, 0.5) is 0 Å². The summed E-state index contributed by atoms with van der Waals surface area (Å²) >= 11 is 6.91. The third-order valence-corrected chi connectivity index (χ3v) is 4.56. The van der Waals surface area contributed by atoms with Crippen molar-refractivity contribution in [2.45, 2.75) is 26.4 Å². The lowest BCUT2D eigenvalue weighted by atomic mass is 10.2. The van der Waals surface area contributed by atoms with Crippen molar-refractivity contribution >= 4 is 41.7 Å². The van der Waals surface area contributed by atoms with E-state index in [0.717, 1.165) is 21.1 Å². The van der Waals surface area contributed by atoms with Crippen LogP contribution in [-0.2, 0) is 16.4 Å². The molecular weight excluding hydrogens is 410 g/mol. The molecule has 0 amide bonds. The number of nitrogens with one attached hydrogen (secondary N) is 1. The van der Waals surface area contributed by atoms with Gasteiger partial charge in [-0.25, -0.2) is 8.42 Å². The van der Waals surface area contributed by atoms with Crippen LogP contribution in [0, 0.1) is 0 Å². The van der Waals surface area contributed by atoms with E-state index >= 15 is 0 Å². The minimum absolute atomic E-state index is 0.00252. The van der Waals surface area contributed by atoms with Crippen molar-refractivity contribution in [3.8, 4) is 5.75 Å². The van der Waals surface area contributed by atoms with E-state index < -0.39 is 9.84 Å². The van der Waals surface area contributed by atoms with Crippen LogP contribution in [0.15, 0.2) is 21.1 Å². The molecule has 0 radical (unpaired) electrons. The van der Waals surface area contributed by atoms with Crippen molar-refractivity contribution in [3.05, 3.63) is 26.6 Å². The summed E-state index contributed by atoms with van der Waals surface area (Å²) in [5.74, 6) is 0.629. The van der Waals surface area contributed by atoms with Gasteiger partial charge in [0.05, 0.1) is 14.7 Å². The summed E-state index contributed by atoms with van der Waals surface area (Å²) in [5.41, 5.74) is 1.12. The normalized spacial score (nSPS) is 11.9. The maximum Gasteiger partial charge on any atom is 0.150 e. The van der Waals surface area contributed by atoms with Crippen LogP contribution >= 0.6 is 31.9 Å². The molecule has 7 heteroatoms. The Morgan fingerprint density at radius 3 is 2.25 bits per heavy atom. The minimum atomic E-state index is -3.01. The quantitative estimate of drug-likeness (QED) is 0.724. The van der Waals surface area contributed by atoms with Gasteiger partial charge in [-0.1, -0.05) is 13.8 Å². The molecule has 0 bridgehead atoms. The third kappa shape index (κ3) is 6.56. The van der Waals surface area contributed by atoms with Crippen molar-refractivity contribution in [2.75, 3.05) is 18.6 Å². The van der Waals surface area contributed by atoms with Gasteiger partial charge < -0.3 is 10.1 Å². The Kier molecular flexibility index (Phi) is 6.97. The molecule has 0 atom stereocenters. The number of ether oxygens (including phenoxy) is 1. The van der Waals surface area contributed by atoms with Crippen molar-refractivity contribution in [2.24, 2.45) is 0 Å². The molecule has 0 aliphatic carbocycles. The minimum Gasteiger partial charge on any atom is -0.490 e. The number of sulfone groups is 1. The Hall–Kier alpha value is -0.110. The number of hydrogen-bond donors (Lipinski definition) is 1. The summed E-state index contributed by atoms with van der Waals surface area (Å²) in [5, 5.41) is 3.34. The predicted octanol–water partition coefficient (Wildman–Crippen LogP) is 3.13. The molecular formula is C13H19Br2NO3S. The molecule has 1 aromatic carbocycles. The van der Waals surface area contributed by atoms with Gasteiger partial charge in [-0.3, -0.25) is 0 Å². The van der Waals surface area contributed by atoms with E-state index in [0.29, 0.717) is 11.8 Å². The van der Waals surface area contributed by atoms with Gasteiger partial charge in [0.1, 0.15) is 12.4 Å². The number of halogens is 2. The molecule has 0 spiro atoms. The second-order valence-corrected chi connectivity index (χ2v) is 8.87. The average Bonchev–Trinajstić information content (AvgIpc) is 2.28. The van der Waals surface area contributed by atoms with E-state index in [1.165, 1.54) is 6.26 Å². The molecule has 20 heavy (non-hydrogen) atoms. The summed E-state index contributed by atoms with van der Waals surface area (Å²) in [6.07, 6.45) is 1.20. The van der Waals surface area contributed by atoms with Crippen molar-refractivity contribution < 1.29 is 13.2 Å². The summed E-state index contributed by atoms with van der Waals surface area (Å²) < 4.78 is 29.3. The van der Waals surface area contributed by atoms with Crippen LogP contribution in [0.1, 0.15) is 19.4 Å². The van der Waals surface area contributed by atoms with E-state index in [9.17, 15) is 8.42 Å². The summed E-state index contributed by atoms with van der Waals surface area (Å²) in [6, 6.07) is 4.35. The Bertz CT molecular complexity index is 536. The fourth-order valence-corrected chi connectivity index (χ4v) is 3.37. The molecule has 0 unspecified atom stereocenters. The first-order chi connectivity index (χ1) is 9.19. The maximum atomic E-state index is 11.1. The van der Waals surface area contributed by atoms with Crippen LogP contribution in [0.2, 0.25) is 0 Å². The highest BCUT2D eigenvalue weighted by Crippen LogP contribution is 2.34. The smallest absolute Gasteiger partial charge is 0.150 e. The fourth-order valence-electron chi connectivity index (χ4n) is 1.47. The lowest BCUT2D eigenvalue weighted by Crippen LogP contribution is -2.21. The average molecular weight is 429 g/mol. The highest BCUT2D eigenvalue weighted by Gasteiger charge is 2.11. The monoisotopic (exact) mass is 427 g/mol. The van der Waals surface area contributed by atoms with E-state index in [-0.39, 0.29) is 12.4 Å². The van der Waals surface area contributed by atoms with E-state index in [1.54, 1.807) is 0 Å². The zero-order chi connectivity index (χ0) is 15.3. The number of hydrogen-bond acceptors (Lipinski definition) is 4. The van der Waals surface area contributed by atoms with Gasteiger partial charge in [0.15, 0.2) is 9.84 Å². The van der Waals surface area contributed by atoms with E-state index in [4.69, 9.17) is 4.74 Å². The van der Waals surface area contributed by atoms with Crippen molar-refractivity contribution in [1.82, 2.24) is 5.32 Å². The summed E-state index contributed by atoms with van der Waals surface area (Å²) in [4.78, 5) is 0. The zero-order valence-electron chi connectivity index (χ0n) is 11.7. The van der Waals surface area contributed by atoms with Crippen LogP contribution in [0.5, 0.6) is 5.75 Å². The van der Waals surface area contributed by atoms with Crippen LogP contribution in [-0.4, -0.2) is 33.1 Å². The molecule has 0 aromatic heterocycles. The standard InChI is InChI=1S/C13H19Br2NO3S/c1-9(2)16-8-10-6-11(14)13(12(15)7-10)19-4-5-20(3,17)18/h6-7,9,16H,4-5,8H2,1-3H3. The molecule has 0 saturated heterocycles. The molecule has 1 N–H and O–H groups in total. The number of rotatable bonds is 7. The summed E-state index contributed by atoms with van der Waals surface area (Å²) in [7, 11) is -3.01. The topological polar surface area (TPSA) is 55.4 Å². The molecule has 0 aliphatic heterocycles. The van der Waals surface area contributed by atoms with Gasteiger partial charge in [0.25, 0.3) is 0 Å². The summed E-state index contributed by atoms with van der Waals surface area (Å²) in [6.45, 7) is 5.08. The Labute approximate surface area is 137 Å². The molecule has 1 rings (SSSR count). The van der Waals surface area contributed by atoms with Gasteiger partial charge in [0, 0.05) is 18.8 Å². The first kappa shape index (κ1) is 17.9. The predicted molar refractivity (Wildman–Crippen MR) is 89.0 cm³/mol. The van der Waals surface area contributed by atoms with Crippen LogP contribution < -0.4 is 10.1 Å². The fraction of sp³-hybridized carbons (Fsp3) is 0.538. The Balaban J connectivity index is 2.73. The first-order valence-corrected chi connectivity index (χ1v) is 9.85. The van der Waals surface area contributed by atoms with Gasteiger partial charge in [0.2, 0.25) is 0 Å². The van der Waals surface area contributed by atoms with Gasteiger partial charge >= 0.3 is 0 Å². The van der Waals surface area contributed by atoms with Gasteiger partial charge in [-0.15, -0.1) is 0 Å². The second kappa shape index (κ2) is 7.77. The zero-order valence-corrected chi connectivity index (χ0v) is 15.7. The SMILES string of the molecule is CC(C)NCc1cc(Br)c(OCCS(C)(=O)=O)c(Br)c1. The molecule has 1 aromatic rings. The lowest BCUT2D eigenvalue weighted by Gasteiger charge is -2.13. The van der Waals surface area contributed by atoms with Crippen molar-refractivity contribution in [1.29, 1.82) is 0 Å². The first-order valence-electron chi connectivity index (χ1n) is 6.21. The van der Waals surface area contributed by atoms with Crippen LogP contribution in [0.25, 0.3) is 0 Å². The van der Waals surface area contributed by atoms with Gasteiger partial charge in [-0.2, -0.15) is 0 Å².